The van der Waals surface area contributed by atoms with E-state index in [1.165, 1.54) is 12.1 Å². The van der Waals surface area contributed by atoms with Crippen molar-refractivity contribution in [3.8, 4) is 0 Å². The molecule has 4 heteroatoms. The Morgan fingerprint density at radius 2 is 2.17 bits per heavy atom. The standard InChI is InChI=1S/C8H6BrFO2/c1-4-2-7(10)6(9)3-5(4)8(11)12/h2-3H,1H3,(H,11,12). The van der Waals surface area contributed by atoms with E-state index in [1.54, 1.807) is 6.92 Å². The van der Waals surface area contributed by atoms with Crippen LogP contribution >= 0.6 is 15.9 Å². The number of aryl methyl sites for hydroxylation is 1. The molecule has 0 radical (unpaired) electrons. The molecule has 0 heterocycles. The largest absolute Gasteiger partial charge is 0.478 e. The van der Waals surface area contributed by atoms with Crippen LogP contribution in [-0.4, -0.2) is 11.1 Å². The maximum absolute atomic E-state index is 12.8. The van der Waals surface area contributed by atoms with Crippen molar-refractivity contribution in [2.75, 3.05) is 0 Å². The molecule has 0 fully saturated rings. The molecular formula is C8H6BrFO2. The molecule has 2 nitrogen and oxygen atoms in total. The number of hydrogen-bond acceptors (Lipinski definition) is 1. The van der Waals surface area contributed by atoms with Crippen molar-refractivity contribution in [1.82, 2.24) is 0 Å². The Balaban J connectivity index is 3.33. The van der Waals surface area contributed by atoms with Gasteiger partial charge in [0.25, 0.3) is 0 Å². The summed E-state index contributed by atoms with van der Waals surface area (Å²) < 4.78 is 13.0. The predicted octanol–water partition coefficient (Wildman–Crippen LogP) is 2.59. The summed E-state index contributed by atoms with van der Waals surface area (Å²) in [5.41, 5.74) is 0.534. The van der Waals surface area contributed by atoms with Gasteiger partial charge in [-0.15, -0.1) is 0 Å². The molecule has 0 spiro atoms. The Bertz CT molecular complexity index is 336. The van der Waals surface area contributed by atoms with E-state index in [4.69, 9.17) is 5.11 Å². The van der Waals surface area contributed by atoms with Gasteiger partial charge in [0, 0.05) is 0 Å². The van der Waals surface area contributed by atoms with Crippen LogP contribution in [0.2, 0.25) is 0 Å². The van der Waals surface area contributed by atoms with Gasteiger partial charge in [0.05, 0.1) is 10.0 Å². The van der Waals surface area contributed by atoms with E-state index < -0.39 is 11.8 Å². The SMILES string of the molecule is Cc1cc(F)c(Br)cc1C(=O)O. The lowest BCUT2D eigenvalue weighted by Gasteiger charge is -2.01. The molecule has 0 aliphatic rings. The van der Waals surface area contributed by atoms with Gasteiger partial charge in [-0.05, 0) is 40.5 Å². The van der Waals surface area contributed by atoms with Crippen LogP contribution in [0.25, 0.3) is 0 Å². The molecule has 1 aromatic rings. The Morgan fingerprint density at radius 1 is 1.58 bits per heavy atom. The van der Waals surface area contributed by atoms with Crippen molar-refractivity contribution < 1.29 is 14.3 Å². The van der Waals surface area contributed by atoms with E-state index in [9.17, 15) is 9.18 Å². The van der Waals surface area contributed by atoms with Crippen LogP contribution in [0.4, 0.5) is 4.39 Å². The number of aromatic carboxylic acids is 1. The molecule has 0 saturated heterocycles. The molecule has 0 aliphatic carbocycles. The van der Waals surface area contributed by atoms with Gasteiger partial charge in [-0.3, -0.25) is 0 Å². The molecule has 12 heavy (non-hydrogen) atoms. The molecule has 0 unspecified atom stereocenters. The van der Waals surface area contributed by atoms with Crippen LogP contribution < -0.4 is 0 Å². The fraction of sp³-hybridized carbons (Fsp3) is 0.125. The van der Waals surface area contributed by atoms with Gasteiger partial charge in [0.2, 0.25) is 0 Å². The highest BCUT2D eigenvalue weighted by molar-refractivity contribution is 9.10. The van der Waals surface area contributed by atoms with Crippen LogP contribution in [-0.2, 0) is 0 Å². The van der Waals surface area contributed by atoms with Gasteiger partial charge < -0.3 is 5.11 Å². The fourth-order valence-corrected chi connectivity index (χ4v) is 1.22. The lowest BCUT2D eigenvalue weighted by molar-refractivity contribution is 0.0696. The second-order valence-electron chi connectivity index (χ2n) is 2.39. The molecule has 0 saturated carbocycles. The van der Waals surface area contributed by atoms with E-state index in [2.05, 4.69) is 15.9 Å². The summed E-state index contributed by atoms with van der Waals surface area (Å²) in [5.74, 6) is -1.49. The normalized spacial score (nSPS) is 9.92. The van der Waals surface area contributed by atoms with E-state index in [0.717, 1.165) is 0 Å². The molecule has 0 aliphatic heterocycles. The van der Waals surface area contributed by atoms with Gasteiger partial charge in [-0.2, -0.15) is 0 Å². The van der Waals surface area contributed by atoms with Crippen LogP contribution in [0.3, 0.4) is 0 Å². The number of carboxylic acid groups (broad SMARTS) is 1. The highest BCUT2D eigenvalue weighted by Gasteiger charge is 2.10. The second-order valence-corrected chi connectivity index (χ2v) is 3.24. The number of halogens is 2. The van der Waals surface area contributed by atoms with Crippen molar-refractivity contribution in [3.05, 3.63) is 33.5 Å². The first-order chi connectivity index (χ1) is 5.52. The molecule has 0 amide bonds. The Labute approximate surface area is 77.2 Å². The van der Waals surface area contributed by atoms with E-state index >= 15 is 0 Å². The highest BCUT2D eigenvalue weighted by atomic mass is 79.9. The van der Waals surface area contributed by atoms with Crippen molar-refractivity contribution in [2.24, 2.45) is 0 Å². The Hall–Kier alpha value is -0.900. The molecule has 1 rings (SSSR count). The summed E-state index contributed by atoms with van der Waals surface area (Å²) in [6, 6.07) is 2.44. The number of hydrogen-bond donors (Lipinski definition) is 1. The Kier molecular flexibility index (Phi) is 2.47. The van der Waals surface area contributed by atoms with Gasteiger partial charge in [0.15, 0.2) is 0 Å². The average Bonchev–Trinajstić information content (AvgIpc) is 1.96. The molecule has 64 valence electrons. The summed E-state index contributed by atoms with van der Waals surface area (Å²) in [7, 11) is 0. The van der Waals surface area contributed by atoms with E-state index in [0.29, 0.717) is 5.56 Å². The summed E-state index contributed by atoms with van der Waals surface area (Å²) >= 11 is 2.91. The zero-order valence-electron chi connectivity index (χ0n) is 6.27. The summed E-state index contributed by atoms with van der Waals surface area (Å²) in [6.07, 6.45) is 0. The monoisotopic (exact) mass is 232 g/mol. The first-order valence-electron chi connectivity index (χ1n) is 3.21. The van der Waals surface area contributed by atoms with Crippen molar-refractivity contribution >= 4 is 21.9 Å². The van der Waals surface area contributed by atoms with Crippen LogP contribution in [0.15, 0.2) is 16.6 Å². The predicted molar refractivity (Wildman–Crippen MR) is 45.8 cm³/mol. The maximum atomic E-state index is 12.8. The van der Waals surface area contributed by atoms with E-state index in [1.807, 2.05) is 0 Å². The second kappa shape index (κ2) is 3.23. The molecule has 0 aromatic heterocycles. The number of benzene rings is 1. The summed E-state index contributed by atoms with van der Waals surface area (Å²) in [5, 5.41) is 8.64. The summed E-state index contributed by atoms with van der Waals surface area (Å²) in [6.45, 7) is 1.55. The minimum absolute atomic E-state index is 0.114. The van der Waals surface area contributed by atoms with E-state index in [-0.39, 0.29) is 10.0 Å². The zero-order valence-corrected chi connectivity index (χ0v) is 7.85. The van der Waals surface area contributed by atoms with Crippen LogP contribution in [0.1, 0.15) is 15.9 Å². The van der Waals surface area contributed by atoms with Crippen molar-refractivity contribution in [3.63, 3.8) is 0 Å². The average molecular weight is 233 g/mol. The quantitative estimate of drug-likeness (QED) is 0.809. The fourth-order valence-electron chi connectivity index (χ4n) is 0.877. The maximum Gasteiger partial charge on any atom is 0.335 e. The minimum Gasteiger partial charge on any atom is -0.478 e. The van der Waals surface area contributed by atoms with Crippen molar-refractivity contribution in [1.29, 1.82) is 0 Å². The lowest BCUT2D eigenvalue weighted by Crippen LogP contribution is -2.00. The zero-order chi connectivity index (χ0) is 9.30. The van der Waals surface area contributed by atoms with Gasteiger partial charge in [-0.25, -0.2) is 9.18 Å². The topological polar surface area (TPSA) is 37.3 Å². The third kappa shape index (κ3) is 1.64. The smallest absolute Gasteiger partial charge is 0.335 e. The lowest BCUT2D eigenvalue weighted by atomic mass is 10.1. The minimum atomic E-state index is -1.05. The first kappa shape index (κ1) is 9.19. The summed E-state index contributed by atoms with van der Waals surface area (Å²) in [4.78, 5) is 10.5. The third-order valence-electron chi connectivity index (χ3n) is 1.50. The van der Waals surface area contributed by atoms with Crippen LogP contribution in [0.5, 0.6) is 0 Å². The van der Waals surface area contributed by atoms with Gasteiger partial charge in [-0.1, -0.05) is 0 Å². The number of carbonyl (C=O) groups is 1. The highest BCUT2D eigenvalue weighted by Crippen LogP contribution is 2.20. The molecule has 1 N–H and O–H groups in total. The van der Waals surface area contributed by atoms with Gasteiger partial charge in [0.1, 0.15) is 5.82 Å². The molecular weight excluding hydrogens is 227 g/mol. The van der Waals surface area contributed by atoms with Gasteiger partial charge >= 0.3 is 5.97 Å². The van der Waals surface area contributed by atoms with Crippen LogP contribution in [0, 0.1) is 12.7 Å². The Morgan fingerprint density at radius 3 is 2.67 bits per heavy atom. The molecule has 0 bridgehead atoms. The number of rotatable bonds is 1. The van der Waals surface area contributed by atoms with Crippen molar-refractivity contribution in [2.45, 2.75) is 6.92 Å². The first-order valence-corrected chi connectivity index (χ1v) is 4.00. The molecule has 1 aromatic carbocycles. The number of carboxylic acids is 1. The molecule has 0 atom stereocenters. The third-order valence-corrected chi connectivity index (χ3v) is 2.11.